The molecule has 8 heteroatoms. The Balaban J connectivity index is 1.62. The zero-order valence-corrected chi connectivity index (χ0v) is 14.9. The number of carbonyl (C=O) groups excluding carboxylic acids is 2. The fraction of sp³-hybridized carbons (Fsp3) is 0.556. The van der Waals surface area contributed by atoms with Gasteiger partial charge in [0.25, 0.3) is 5.91 Å². The van der Waals surface area contributed by atoms with Crippen molar-refractivity contribution in [3.8, 4) is 0 Å². The number of hydrogen-bond donors (Lipinski definition) is 2. The summed E-state index contributed by atoms with van der Waals surface area (Å²) in [6, 6.07) is 9.44. The number of likely N-dealkylation sites (N-methyl/N-ethyl adjacent to an activating group) is 1. The highest BCUT2D eigenvalue weighted by molar-refractivity contribution is 6.00. The standard InChI is InChI=1S/C18H25N5O3/c1-20-15-14(16(25)23(18(20)26)11-6-12-24)22-10-5-9-21(17(22)19-15)13-7-3-2-4-8-13/h2-4,7-8,14-15,17,19,24H,5-6,9-12H2,1H3. The lowest BCUT2D eigenvalue weighted by Crippen LogP contribution is -2.66. The van der Waals surface area contributed by atoms with E-state index in [2.05, 4.69) is 27.2 Å². The molecular formula is C18H25N5O3. The Bertz CT molecular complexity index is 685. The van der Waals surface area contributed by atoms with Crippen molar-refractivity contribution < 1.29 is 14.7 Å². The maximum atomic E-state index is 13.1. The van der Waals surface area contributed by atoms with Crippen molar-refractivity contribution in [1.82, 2.24) is 20.0 Å². The van der Waals surface area contributed by atoms with Crippen LogP contribution in [0.1, 0.15) is 12.8 Å². The predicted molar refractivity (Wildman–Crippen MR) is 96.2 cm³/mol. The number of benzene rings is 1. The van der Waals surface area contributed by atoms with Gasteiger partial charge in [-0.15, -0.1) is 0 Å². The molecule has 26 heavy (non-hydrogen) atoms. The second kappa shape index (κ2) is 6.86. The minimum absolute atomic E-state index is 0.0404. The van der Waals surface area contributed by atoms with Crippen LogP contribution in [0.15, 0.2) is 30.3 Å². The number of aliphatic hydroxyl groups is 1. The molecule has 0 aromatic heterocycles. The van der Waals surface area contributed by atoms with Gasteiger partial charge in [-0.25, -0.2) is 4.79 Å². The van der Waals surface area contributed by atoms with Gasteiger partial charge in [0.1, 0.15) is 18.5 Å². The Kier molecular flexibility index (Phi) is 4.56. The first-order valence-corrected chi connectivity index (χ1v) is 9.16. The van der Waals surface area contributed by atoms with Gasteiger partial charge < -0.3 is 14.9 Å². The summed E-state index contributed by atoms with van der Waals surface area (Å²) in [7, 11) is 1.73. The van der Waals surface area contributed by atoms with E-state index in [4.69, 9.17) is 5.11 Å². The summed E-state index contributed by atoms with van der Waals surface area (Å²) in [4.78, 5) is 33.0. The molecular weight excluding hydrogens is 334 g/mol. The topological polar surface area (TPSA) is 79.4 Å². The molecule has 0 spiro atoms. The maximum absolute atomic E-state index is 13.1. The molecule has 3 amide bonds. The number of anilines is 1. The first-order valence-electron chi connectivity index (χ1n) is 9.16. The van der Waals surface area contributed by atoms with Crippen LogP contribution in [-0.4, -0.2) is 83.5 Å². The Morgan fingerprint density at radius 2 is 1.96 bits per heavy atom. The highest BCUT2D eigenvalue weighted by Crippen LogP contribution is 2.32. The molecule has 3 saturated heterocycles. The van der Waals surface area contributed by atoms with Crippen molar-refractivity contribution in [3.05, 3.63) is 30.3 Å². The van der Waals surface area contributed by atoms with Crippen LogP contribution in [0.3, 0.4) is 0 Å². The first-order chi connectivity index (χ1) is 12.6. The van der Waals surface area contributed by atoms with Gasteiger partial charge in [0, 0.05) is 39.0 Å². The molecule has 0 saturated carbocycles. The number of aliphatic hydroxyl groups excluding tert-OH is 1. The van der Waals surface area contributed by atoms with Crippen molar-refractivity contribution in [2.75, 3.05) is 38.2 Å². The second-order valence-corrected chi connectivity index (χ2v) is 7.01. The van der Waals surface area contributed by atoms with Crippen LogP contribution >= 0.6 is 0 Å². The molecule has 0 aliphatic carbocycles. The van der Waals surface area contributed by atoms with E-state index in [-0.39, 0.29) is 37.5 Å². The number of carbonyl (C=O) groups is 2. The Hall–Kier alpha value is -2.16. The molecule has 0 radical (unpaired) electrons. The molecule has 0 bridgehead atoms. The summed E-state index contributed by atoms with van der Waals surface area (Å²) in [5, 5.41) is 12.6. The number of nitrogens with zero attached hydrogens (tertiary/aromatic N) is 4. The van der Waals surface area contributed by atoms with E-state index in [1.165, 1.54) is 4.90 Å². The fourth-order valence-electron chi connectivity index (χ4n) is 4.24. The molecule has 140 valence electrons. The van der Waals surface area contributed by atoms with Gasteiger partial charge >= 0.3 is 6.03 Å². The summed E-state index contributed by atoms with van der Waals surface area (Å²) in [5.74, 6) is -0.170. The van der Waals surface area contributed by atoms with E-state index < -0.39 is 6.04 Å². The van der Waals surface area contributed by atoms with E-state index in [0.29, 0.717) is 6.42 Å². The van der Waals surface area contributed by atoms with Crippen molar-refractivity contribution in [3.63, 3.8) is 0 Å². The Morgan fingerprint density at radius 1 is 1.19 bits per heavy atom. The Labute approximate surface area is 152 Å². The smallest absolute Gasteiger partial charge is 0.327 e. The summed E-state index contributed by atoms with van der Waals surface area (Å²) in [6.07, 6.45) is 0.904. The lowest BCUT2D eigenvalue weighted by atomic mass is 10.1. The fourth-order valence-corrected chi connectivity index (χ4v) is 4.24. The van der Waals surface area contributed by atoms with Gasteiger partial charge in [-0.3, -0.25) is 19.9 Å². The van der Waals surface area contributed by atoms with E-state index >= 15 is 0 Å². The largest absolute Gasteiger partial charge is 0.396 e. The monoisotopic (exact) mass is 359 g/mol. The third kappa shape index (κ3) is 2.65. The quantitative estimate of drug-likeness (QED) is 0.791. The summed E-state index contributed by atoms with van der Waals surface area (Å²) < 4.78 is 0. The van der Waals surface area contributed by atoms with Crippen LogP contribution in [-0.2, 0) is 4.79 Å². The van der Waals surface area contributed by atoms with Gasteiger partial charge in [0.2, 0.25) is 0 Å². The van der Waals surface area contributed by atoms with Crippen molar-refractivity contribution >= 4 is 17.6 Å². The normalized spacial score (nSPS) is 29.2. The van der Waals surface area contributed by atoms with Crippen LogP contribution in [0.5, 0.6) is 0 Å². The van der Waals surface area contributed by atoms with E-state index in [9.17, 15) is 9.59 Å². The van der Waals surface area contributed by atoms with Crippen LogP contribution < -0.4 is 10.2 Å². The first kappa shape index (κ1) is 17.3. The van der Waals surface area contributed by atoms with Crippen molar-refractivity contribution in [2.24, 2.45) is 0 Å². The SMILES string of the molecule is CN1C(=O)N(CCCO)C(=O)C2C1NC1N(c3ccccc3)CCCN21. The maximum Gasteiger partial charge on any atom is 0.327 e. The van der Waals surface area contributed by atoms with Crippen LogP contribution in [0.4, 0.5) is 10.5 Å². The summed E-state index contributed by atoms with van der Waals surface area (Å²) >= 11 is 0. The molecule has 1 aromatic rings. The van der Waals surface area contributed by atoms with E-state index in [1.54, 1.807) is 11.9 Å². The zero-order chi connectivity index (χ0) is 18.3. The molecule has 8 nitrogen and oxygen atoms in total. The molecule has 3 fully saturated rings. The summed E-state index contributed by atoms with van der Waals surface area (Å²) in [5.41, 5.74) is 1.10. The molecule has 1 aromatic carbocycles. The number of imide groups is 1. The Morgan fingerprint density at radius 3 is 2.69 bits per heavy atom. The number of para-hydroxylation sites is 1. The van der Waals surface area contributed by atoms with Crippen molar-refractivity contribution in [1.29, 1.82) is 0 Å². The number of fused-ring (bicyclic) bond motifs is 3. The van der Waals surface area contributed by atoms with E-state index in [0.717, 1.165) is 25.2 Å². The number of urea groups is 1. The van der Waals surface area contributed by atoms with Crippen molar-refractivity contribution in [2.45, 2.75) is 31.3 Å². The molecule has 4 rings (SSSR count). The highest BCUT2D eigenvalue weighted by Gasteiger charge is 2.55. The zero-order valence-electron chi connectivity index (χ0n) is 14.9. The van der Waals surface area contributed by atoms with E-state index in [1.807, 2.05) is 18.2 Å². The third-order valence-electron chi connectivity index (χ3n) is 5.50. The third-order valence-corrected chi connectivity index (χ3v) is 5.50. The average molecular weight is 359 g/mol. The average Bonchev–Trinajstić information content (AvgIpc) is 3.07. The highest BCUT2D eigenvalue weighted by atomic mass is 16.3. The number of nitrogens with one attached hydrogen (secondary N) is 1. The lowest BCUT2D eigenvalue weighted by molar-refractivity contribution is -0.138. The van der Waals surface area contributed by atoms with Gasteiger partial charge in [0.05, 0.1) is 0 Å². The van der Waals surface area contributed by atoms with Gasteiger partial charge in [-0.1, -0.05) is 18.2 Å². The molecule has 3 aliphatic rings. The van der Waals surface area contributed by atoms with Gasteiger partial charge in [-0.05, 0) is 25.0 Å². The number of rotatable bonds is 4. The minimum Gasteiger partial charge on any atom is -0.396 e. The molecule has 2 N–H and O–H groups in total. The van der Waals surface area contributed by atoms with Gasteiger partial charge in [0.15, 0.2) is 0 Å². The molecule has 3 unspecified atom stereocenters. The molecule has 3 heterocycles. The minimum atomic E-state index is -0.395. The number of hydrogen-bond acceptors (Lipinski definition) is 6. The second-order valence-electron chi connectivity index (χ2n) is 7.01. The van der Waals surface area contributed by atoms with Crippen LogP contribution in [0.25, 0.3) is 0 Å². The summed E-state index contributed by atoms with van der Waals surface area (Å²) in [6.45, 7) is 1.92. The van der Waals surface area contributed by atoms with Crippen LogP contribution in [0.2, 0.25) is 0 Å². The van der Waals surface area contributed by atoms with Gasteiger partial charge in [-0.2, -0.15) is 0 Å². The van der Waals surface area contributed by atoms with Crippen LogP contribution in [0, 0.1) is 0 Å². The predicted octanol–water partition coefficient (Wildman–Crippen LogP) is 0.0566. The molecule has 3 atom stereocenters. The lowest BCUT2D eigenvalue weighted by Gasteiger charge is -2.43. The molecule has 3 aliphatic heterocycles. The number of amides is 3.